The zero-order valence-corrected chi connectivity index (χ0v) is 10.7. The van der Waals surface area contributed by atoms with Crippen molar-refractivity contribution < 1.29 is 5.11 Å². The van der Waals surface area contributed by atoms with Crippen molar-refractivity contribution in [1.29, 1.82) is 0 Å². The van der Waals surface area contributed by atoms with Crippen LogP contribution in [0.25, 0.3) is 0 Å². The molecule has 1 rings (SSSR count). The van der Waals surface area contributed by atoms with Gasteiger partial charge in [0, 0.05) is 12.1 Å². The largest absolute Gasteiger partial charge is 0.391 e. The van der Waals surface area contributed by atoms with Crippen LogP contribution in [0.15, 0.2) is 24.3 Å². The molecule has 0 bridgehead atoms. The van der Waals surface area contributed by atoms with Gasteiger partial charge in [0.2, 0.25) is 0 Å². The molecule has 0 spiro atoms. The summed E-state index contributed by atoms with van der Waals surface area (Å²) in [7, 11) is 0. The summed E-state index contributed by atoms with van der Waals surface area (Å²) in [6, 6.07) is 8.21. The van der Waals surface area contributed by atoms with E-state index in [1.807, 2.05) is 12.1 Å². The van der Waals surface area contributed by atoms with Crippen LogP contribution < -0.4 is 5.32 Å². The average molecular weight is 221 g/mol. The van der Waals surface area contributed by atoms with Gasteiger partial charge in [-0.1, -0.05) is 24.3 Å². The van der Waals surface area contributed by atoms with Gasteiger partial charge in [0.1, 0.15) is 0 Å². The minimum absolute atomic E-state index is 0.0622. The van der Waals surface area contributed by atoms with Crippen LogP contribution in [0.1, 0.15) is 31.9 Å². The molecule has 0 saturated carbocycles. The molecule has 2 N–H and O–H groups in total. The van der Waals surface area contributed by atoms with Gasteiger partial charge in [-0.25, -0.2) is 0 Å². The minimum Gasteiger partial charge on any atom is -0.391 e. The van der Waals surface area contributed by atoms with Crippen molar-refractivity contribution in [3.8, 4) is 0 Å². The Morgan fingerprint density at radius 1 is 1.25 bits per heavy atom. The van der Waals surface area contributed by atoms with Crippen LogP contribution in [0.5, 0.6) is 0 Å². The molecule has 90 valence electrons. The lowest BCUT2D eigenvalue weighted by atomic mass is 10.0. The highest BCUT2D eigenvalue weighted by Gasteiger charge is 2.12. The van der Waals surface area contributed by atoms with Gasteiger partial charge in [0.15, 0.2) is 0 Å². The fraction of sp³-hybridized carbons (Fsp3) is 0.571. The molecule has 0 aromatic heterocycles. The summed E-state index contributed by atoms with van der Waals surface area (Å²) in [5.41, 5.74) is 2.54. The third kappa shape index (κ3) is 4.77. The summed E-state index contributed by atoms with van der Waals surface area (Å²) in [6.45, 7) is 9.03. The van der Waals surface area contributed by atoms with Gasteiger partial charge in [0.05, 0.1) is 6.10 Å². The number of aryl methyl sites for hydroxylation is 1. The number of nitrogens with one attached hydrogen (secondary N) is 1. The van der Waals surface area contributed by atoms with Crippen LogP contribution in [0, 0.1) is 6.92 Å². The van der Waals surface area contributed by atoms with Gasteiger partial charge >= 0.3 is 0 Å². The van der Waals surface area contributed by atoms with E-state index in [0.717, 1.165) is 6.42 Å². The summed E-state index contributed by atoms with van der Waals surface area (Å²) in [5.74, 6) is 0. The summed E-state index contributed by atoms with van der Waals surface area (Å²) in [4.78, 5) is 0. The first-order chi connectivity index (χ1) is 7.38. The summed E-state index contributed by atoms with van der Waals surface area (Å²) >= 11 is 0. The molecule has 2 nitrogen and oxygen atoms in total. The highest BCUT2D eigenvalue weighted by atomic mass is 16.3. The van der Waals surface area contributed by atoms with Gasteiger partial charge in [-0.3, -0.25) is 0 Å². The Morgan fingerprint density at radius 3 is 2.44 bits per heavy atom. The van der Waals surface area contributed by atoms with Crippen molar-refractivity contribution in [2.45, 2.75) is 45.8 Å². The molecule has 0 saturated heterocycles. The number of hydrogen-bond acceptors (Lipinski definition) is 2. The molecular formula is C14H23NO. The lowest BCUT2D eigenvalue weighted by molar-refractivity contribution is 0.161. The Bertz CT molecular complexity index is 328. The Hall–Kier alpha value is -0.860. The predicted molar refractivity (Wildman–Crippen MR) is 68.6 cm³/mol. The maximum atomic E-state index is 9.93. The first kappa shape index (κ1) is 13.2. The molecule has 16 heavy (non-hydrogen) atoms. The smallest absolute Gasteiger partial charge is 0.0705 e. The quantitative estimate of drug-likeness (QED) is 0.817. The molecule has 1 atom stereocenters. The van der Waals surface area contributed by atoms with Gasteiger partial charge in [-0.05, 0) is 45.2 Å². The summed E-state index contributed by atoms with van der Waals surface area (Å²) in [5, 5.41) is 13.2. The van der Waals surface area contributed by atoms with Crippen molar-refractivity contribution in [3.63, 3.8) is 0 Å². The summed E-state index contributed by atoms with van der Waals surface area (Å²) in [6.07, 6.45) is 0.399. The lowest BCUT2D eigenvalue weighted by Gasteiger charge is -2.23. The zero-order chi connectivity index (χ0) is 12.2. The Kier molecular flexibility index (Phi) is 4.51. The number of aliphatic hydroxyl groups excluding tert-OH is 1. The Balaban J connectivity index is 2.46. The maximum absolute atomic E-state index is 9.93. The monoisotopic (exact) mass is 221 g/mol. The average Bonchev–Trinajstić information content (AvgIpc) is 2.18. The number of benzene rings is 1. The second-order valence-electron chi connectivity index (χ2n) is 5.42. The molecule has 2 heteroatoms. The molecule has 0 aliphatic heterocycles. The van der Waals surface area contributed by atoms with Crippen LogP contribution in [0.4, 0.5) is 0 Å². The SMILES string of the molecule is Cc1ccccc1CC(O)CNC(C)(C)C. The summed E-state index contributed by atoms with van der Waals surface area (Å²) < 4.78 is 0. The van der Waals surface area contributed by atoms with E-state index in [4.69, 9.17) is 0 Å². The number of β-amino-alcohol motifs (C(OH)–C–C–N with tert-alkyl or cyclic N) is 1. The molecule has 1 unspecified atom stereocenters. The molecule has 0 radical (unpaired) electrons. The van der Waals surface area contributed by atoms with Crippen molar-refractivity contribution >= 4 is 0 Å². The number of aliphatic hydroxyl groups is 1. The van der Waals surface area contributed by atoms with Crippen LogP contribution in [-0.2, 0) is 6.42 Å². The first-order valence-electron chi connectivity index (χ1n) is 5.86. The van der Waals surface area contributed by atoms with E-state index in [9.17, 15) is 5.11 Å². The maximum Gasteiger partial charge on any atom is 0.0705 e. The van der Waals surface area contributed by atoms with Crippen molar-refractivity contribution in [1.82, 2.24) is 5.32 Å². The van der Waals surface area contributed by atoms with Crippen LogP contribution in [0.3, 0.4) is 0 Å². The second kappa shape index (κ2) is 5.46. The molecule has 0 amide bonds. The highest BCUT2D eigenvalue weighted by molar-refractivity contribution is 5.26. The first-order valence-corrected chi connectivity index (χ1v) is 5.86. The highest BCUT2D eigenvalue weighted by Crippen LogP contribution is 2.10. The van der Waals surface area contributed by atoms with E-state index < -0.39 is 0 Å². The molecule has 0 heterocycles. The van der Waals surface area contributed by atoms with Crippen molar-refractivity contribution in [2.75, 3.05) is 6.54 Å². The van der Waals surface area contributed by atoms with Gasteiger partial charge in [-0.15, -0.1) is 0 Å². The van der Waals surface area contributed by atoms with E-state index in [0.29, 0.717) is 6.54 Å². The molecule has 0 fully saturated rings. The van der Waals surface area contributed by atoms with Crippen LogP contribution >= 0.6 is 0 Å². The fourth-order valence-electron chi connectivity index (χ4n) is 1.59. The number of hydrogen-bond donors (Lipinski definition) is 2. The van der Waals surface area contributed by atoms with E-state index in [1.54, 1.807) is 0 Å². The van der Waals surface area contributed by atoms with Gasteiger partial charge < -0.3 is 10.4 Å². The van der Waals surface area contributed by atoms with E-state index in [-0.39, 0.29) is 11.6 Å². The predicted octanol–water partition coefficient (Wildman–Crippen LogP) is 2.29. The third-order valence-corrected chi connectivity index (χ3v) is 2.58. The Morgan fingerprint density at radius 2 is 1.88 bits per heavy atom. The van der Waals surface area contributed by atoms with Crippen LogP contribution in [-0.4, -0.2) is 23.3 Å². The van der Waals surface area contributed by atoms with Crippen LogP contribution in [0.2, 0.25) is 0 Å². The standard InChI is InChI=1S/C14H23NO/c1-11-7-5-6-8-12(11)9-13(16)10-15-14(2,3)4/h5-8,13,15-16H,9-10H2,1-4H3. The lowest BCUT2D eigenvalue weighted by Crippen LogP contribution is -2.41. The molecular weight excluding hydrogens is 198 g/mol. The van der Waals surface area contributed by atoms with Crippen molar-refractivity contribution in [2.24, 2.45) is 0 Å². The van der Waals surface area contributed by atoms with E-state index >= 15 is 0 Å². The molecule has 0 aliphatic carbocycles. The molecule has 0 aliphatic rings. The third-order valence-electron chi connectivity index (χ3n) is 2.58. The zero-order valence-electron chi connectivity index (χ0n) is 10.7. The van der Waals surface area contributed by atoms with Gasteiger partial charge in [0.25, 0.3) is 0 Å². The Labute approximate surface area is 98.7 Å². The topological polar surface area (TPSA) is 32.3 Å². The van der Waals surface area contributed by atoms with E-state index in [2.05, 4.69) is 45.1 Å². The van der Waals surface area contributed by atoms with E-state index in [1.165, 1.54) is 11.1 Å². The van der Waals surface area contributed by atoms with Gasteiger partial charge in [-0.2, -0.15) is 0 Å². The number of rotatable bonds is 4. The van der Waals surface area contributed by atoms with Crippen molar-refractivity contribution in [3.05, 3.63) is 35.4 Å². The second-order valence-corrected chi connectivity index (χ2v) is 5.42. The molecule has 1 aromatic carbocycles. The molecule has 1 aromatic rings. The fourth-order valence-corrected chi connectivity index (χ4v) is 1.59. The minimum atomic E-state index is -0.319. The normalized spacial score (nSPS) is 13.8.